The number of rotatable bonds is 4. The maximum absolute atomic E-state index is 4.39. The SMILES string of the molecule is CCc1nn(C)cc1Nc1cc(C(C)C)ncn1. The zero-order valence-corrected chi connectivity index (χ0v) is 11.3. The summed E-state index contributed by atoms with van der Waals surface area (Å²) >= 11 is 0. The minimum atomic E-state index is 0.396. The average molecular weight is 245 g/mol. The van der Waals surface area contributed by atoms with Gasteiger partial charge in [0.2, 0.25) is 0 Å². The molecule has 0 aliphatic rings. The predicted molar refractivity (Wildman–Crippen MR) is 72.0 cm³/mol. The fraction of sp³-hybridized carbons (Fsp3) is 0.462. The lowest BCUT2D eigenvalue weighted by Gasteiger charge is -2.08. The van der Waals surface area contributed by atoms with Gasteiger partial charge in [-0.15, -0.1) is 0 Å². The zero-order chi connectivity index (χ0) is 13.1. The molecule has 2 rings (SSSR count). The Labute approximate surface area is 107 Å². The van der Waals surface area contributed by atoms with Crippen LogP contribution in [-0.4, -0.2) is 19.7 Å². The third kappa shape index (κ3) is 2.67. The van der Waals surface area contributed by atoms with Gasteiger partial charge in [0.1, 0.15) is 12.1 Å². The summed E-state index contributed by atoms with van der Waals surface area (Å²) in [5.41, 5.74) is 3.09. The van der Waals surface area contributed by atoms with Gasteiger partial charge in [0.15, 0.2) is 0 Å². The average Bonchev–Trinajstić information content (AvgIpc) is 2.69. The lowest BCUT2D eigenvalue weighted by atomic mass is 10.1. The molecule has 0 aliphatic carbocycles. The van der Waals surface area contributed by atoms with Crippen molar-refractivity contribution in [2.75, 3.05) is 5.32 Å². The quantitative estimate of drug-likeness (QED) is 0.899. The van der Waals surface area contributed by atoms with Crippen molar-refractivity contribution < 1.29 is 0 Å². The van der Waals surface area contributed by atoms with Crippen molar-refractivity contribution in [2.24, 2.45) is 7.05 Å². The summed E-state index contributed by atoms with van der Waals surface area (Å²) in [5, 5.41) is 7.70. The Hall–Kier alpha value is -1.91. The van der Waals surface area contributed by atoms with Gasteiger partial charge in [-0.25, -0.2) is 9.97 Å². The van der Waals surface area contributed by atoms with E-state index in [1.807, 2.05) is 24.0 Å². The molecule has 2 heterocycles. The van der Waals surface area contributed by atoms with E-state index in [9.17, 15) is 0 Å². The normalized spacial score (nSPS) is 10.9. The molecule has 96 valence electrons. The first-order valence-corrected chi connectivity index (χ1v) is 6.21. The fourth-order valence-corrected chi connectivity index (χ4v) is 1.79. The van der Waals surface area contributed by atoms with E-state index in [1.165, 1.54) is 0 Å². The van der Waals surface area contributed by atoms with Gasteiger partial charge in [-0.3, -0.25) is 4.68 Å². The molecule has 0 aromatic carbocycles. The second-order valence-corrected chi connectivity index (χ2v) is 4.62. The van der Waals surface area contributed by atoms with Crippen LogP contribution in [0, 0.1) is 0 Å². The Morgan fingerprint density at radius 2 is 2.11 bits per heavy atom. The first kappa shape index (κ1) is 12.5. The molecule has 2 aromatic rings. The standard InChI is InChI=1S/C13H19N5/c1-5-10-12(7-18(4)17-10)16-13-6-11(9(2)3)14-8-15-13/h6-9H,5H2,1-4H3,(H,14,15,16). The third-order valence-corrected chi connectivity index (χ3v) is 2.78. The molecule has 0 saturated heterocycles. The number of nitrogens with one attached hydrogen (secondary N) is 1. The Morgan fingerprint density at radius 1 is 1.33 bits per heavy atom. The second kappa shape index (κ2) is 5.16. The Balaban J connectivity index is 2.25. The molecule has 0 saturated carbocycles. The van der Waals surface area contributed by atoms with E-state index >= 15 is 0 Å². The van der Waals surface area contributed by atoms with Crippen LogP contribution < -0.4 is 5.32 Å². The molecule has 5 heteroatoms. The molecular formula is C13H19N5. The maximum Gasteiger partial charge on any atom is 0.134 e. The van der Waals surface area contributed by atoms with E-state index in [0.717, 1.165) is 29.3 Å². The first-order valence-electron chi connectivity index (χ1n) is 6.21. The lowest BCUT2D eigenvalue weighted by Crippen LogP contribution is -1.99. The van der Waals surface area contributed by atoms with Gasteiger partial charge in [-0.2, -0.15) is 5.10 Å². The first-order chi connectivity index (χ1) is 8.60. The fourth-order valence-electron chi connectivity index (χ4n) is 1.79. The highest BCUT2D eigenvalue weighted by atomic mass is 15.3. The number of anilines is 2. The van der Waals surface area contributed by atoms with Crippen molar-refractivity contribution >= 4 is 11.5 Å². The molecule has 0 amide bonds. The molecule has 18 heavy (non-hydrogen) atoms. The largest absolute Gasteiger partial charge is 0.337 e. The van der Waals surface area contributed by atoms with Gasteiger partial charge in [0.25, 0.3) is 0 Å². The monoisotopic (exact) mass is 245 g/mol. The van der Waals surface area contributed by atoms with Crippen molar-refractivity contribution in [2.45, 2.75) is 33.1 Å². The topological polar surface area (TPSA) is 55.6 Å². The molecule has 0 aliphatic heterocycles. The molecule has 0 fully saturated rings. The molecule has 0 radical (unpaired) electrons. The van der Waals surface area contributed by atoms with Crippen LogP contribution in [-0.2, 0) is 13.5 Å². The van der Waals surface area contributed by atoms with Crippen molar-refractivity contribution in [3.05, 3.63) is 30.0 Å². The van der Waals surface area contributed by atoms with E-state index in [2.05, 4.69) is 41.2 Å². The van der Waals surface area contributed by atoms with Crippen molar-refractivity contribution in [3.63, 3.8) is 0 Å². The Bertz CT molecular complexity index is 530. The van der Waals surface area contributed by atoms with E-state index in [1.54, 1.807) is 6.33 Å². The maximum atomic E-state index is 4.39. The second-order valence-electron chi connectivity index (χ2n) is 4.62. The number of hydrogen-bond acceptors (Lipinski definition) is 4. The van der Waals surface area contributed by atoms with Crippen LogP contribution in [0.3, 0.4) is 0 Å². The highest BCUT2D eigenvalue weighted by Gasteiger charge is 2.08. The van der Waals surface area contributed by atoms with Crippen LogP contribution in [0.2, 0.25) is 0 Å². The van der Waals surface area contributed by atoms with Gasteiger partial charge >= 0.3 is 0 Å². The molecular weight excluding hydrogens is 226 g/mol. The highest BCUT2D eigenvalue weighted by molar-refractivity contribution is 5.58. The molecule has 0 atom stereocenters. The van der Waals surface area contributed by atoms with Crippen molar-refractivity contribution in [1.82, 2.24) is 19.7 Å². The summed E-state index contributed by atoms with van der Waals surface area (Å²) < 4.78 is 1.81. The summed E-state index contributed by atoms with van der Waals surface area (Å²) in [7, 11) is 1.92. The van der Waals surface area contributed by atoms with Gasteiger partial charge in [0, 0.05) is 25.0 Å². The van der Waals surface area contributed by atoms with Gasteiger partial charge < -0.3 is 5.32 Å². The molecule has 1 N–H and O–H groups in total. The summed E-state index contributed by atoms with van der Waals surface area (Å²) in [6, 6.07) is 1.98. The van der Waals surface area contributed by atoms with E-state index < -0.39 is 0 Å². The summed E-state index contributed by atoms with van der Waals surface area (Å²) in [5.74, 6) is 1.21. The smallest absolute Gasteiger partial charge is 0.134 e. The van der Waals surface area contributed by atoms with Crippen LogP contribution in [0.15, 0.2) is 18.6 Å². The van der Waals surface area contributed by atoms with Crippen molar-refractivity contribution in [3.8, 4) is 0 Å². The minimum Gasteiger partial charge on any atom is -0.337 e. The Kier molecular flexibility index (Phi) is 3.60. The van der Waals surface area contributed by atoms with Gasteiger partial charge in [0.05, 0.1) is 11.4 Å². The molecule has 0 spiro atoms. The van der Waals surface area contributed by atoms with Gasteiger partial charge in [-0.05, 0) is 12.3 Å². The van der Waals surface area contributed by atoms with Crippen LogP contribution in [0.25, 0.3) is 0 Å². The van der Waals surface area contributed by atoms with E-state index in [0.29, 0.717) is 5.92 Å². The van der Waals surface area contributed by atoms with Gasteiger partial charge in [-0.1, -0.05) is 20.8 Å². The van der Waals surface area contributed by atoms with Crippen LogP contribution in [0.5, 0.6) is 0 Å². The number of aryl methyl sites for hydroxylation is 2. The number of aromatic nitrogens is 4. The van der Waals surface area contributed by atoms with E-state index in [-0.39, 0.29) is 0 Å². The summed E-state index contributed by atoms with van der Waals surface area (Å²) in [6.07, 6.45) is 4.46. The predicted octanol–water partition coefficient (Wildman–Crippen LogP) is 2.64. The molecule has 5 nitrogen and oxygen atoms in total. The molecule has 0 bridgehead atoms. The lowest BCUT2D eigenvalue weighted by molar-refractivity contribution is 0.746. The van der Waals surface area contributed by atoms with Crippen LogP contribution in [0.4, 0.5) is 11.5 Å². The van der Waals surface area contributed by atoms with E-state index in [4.69, 9.17) is 0 Å². The van der Waals surface area contributed by atoms with Crippen LogP contribution >= 0.6 is 0 Å². The Morgan fingerprint density at radius 3 is 2.78 bits per heavy atom. The van der Waals surface area contributed by atoms with Crippen LogP contribution in [0.1, 0.15) is 38.1 Å². The molecule has 0 unspecified atom stereocenters. The minimum absolute atomic E-state index is 0.396. The van der Waals surface area contributed by atoms with Crippen molar-refractivity contribution in [1.29, 1.82) is 0 Å². The number of hydrogen-bond donors (Lipinski definition) is 1. The zero-order valence-electron chi connectivity index (χ0n) is 11.3. The third-order valence-electron chi connectivity index (χ3n) is 2.78. The summed E-state index contributed by atoms with van der Waals surface area (Å²) in [6.45, 7) is 6.33. The summed E-state index contributed by atoms with van der Waals surface area (Å²) in [4.78, 5) is 8.50. The molecule has 2 aromatic heterocycles. The number of nitrogens with zero attached hydrogens (tertiary/aromatic N) is 4. The highest BCUT2D eigenvalue weighted by Crippen LogP contribution is 2.20.